The normalized spacial score (nSPS) is 10.2. The first-order valence-electron chi connectivity index (χ1n) is 2.51. The Hall–Kier alpha value is -1.50. The highest BCUT2D eigenvalue weighted by molar-refractivity contribution is 6.35. The minimum absolute atomic E-state index is 0.105. The molecule has 0 atom stereocenters. The monoisotopic (exact) mass is 141 g/mol. The van der Waals surface area contributed by atoms with Crippen molar-refractivity contribution >= 4 is 11.7 Å². The number of esters is 1. The van der Waals surface area contributed by atoms with E-state index in [0.717, 1.165) is 0 Å². The first-order valence-corrected chi connectivity index (χ1v) is 2.51. The van der Waals surface area contributed by atoms with Gasteiger partial charge in [-0.2, -0.15) is 0 Å². The molecule has 1 N–H and O–H groups in total. The summed E-state index contributed by atoms with van der Waals surface area (Å²) in [7, 11) is 0. The Morgan fingerprint density at radius 3 is 2.90 bits per heavy atom. The van der Waals surface area contributed by atoms with Crippen LogP contribution in [0.4, 0.5) is 0 Å². The minimum atomic E-state index is -0.708. The molecular weight excluding hydrogens is 134 g/mol. The molecule has 0 aromatic heterocycles. The van der Waals surface area contributed by atoms with Crippen molar-refractivity contribution in [2.45, 2.75) is 6.92 Å². The van der Waals surface area contributed by atoms with E-state index in [0.29, 0.717) is 0 Å². The quantitative estimate of drug-likeness (QED) is 0.194. The first kappa shape index (κ1) is 8.50. The van der Waals surface area contributed by atoms with Gasteiger partial charge in [-0.15, -0.1) is 6.42 Å². The topological polar surface area (TPSA) is 58.9 Å². The molecule has 0 saturated carbocycles. The summed E-state index contributed by atoms with van der Waals surface area (Å²) in [6.07, 6.45) is 4.79. The lowest BCUT2D eigenvalue weighted by Gasteiger charge is -1.95. The zero-order valence-electron chi connectivity index (χ0n) is 5.50. The van der Waals surface area contributed by atoms with E-state index in [9.17, 15) is 4.79 Å². The molecule has 0 amide bonds. The van der Waals surface area contributed by atoms with E-state index in [-0.39, 0.29) is 12.3 Å². The Morgan fingerprint density at radius 1 is 1.90 bits per heavy atom. The maximum Gasteiger partial charge on any atom is 0.356 e. The highest BCUT2D eigenvalue weighted by Gasteiger charge is 2.05. The van der Waals surface area contributed by atoms with E-state index in [1.165, 1.54) is 6.92 Å². The van der Waals surface area contributed by atoms with E-state index in [1.807, 2.05) is 0 Å². The van der Waals surface area contributed by atoms with Gasteiger partial charge in [-0.3, -0.25) is 0 Å². The molecule has 0 radical (unpaired) electrons. The molecule has 4 nitrogen and oxygen atoms in total. The van der Waals surface area contributed by atoms with E-state index in [4.69, 9.17) is 11.6 Å². The summed E-state index contributed by atoms with van der Waals surface area (Å²) in [5, 5.41) is 10.7. The van der Waals surface area contributed by atoms with Crippen molar-refractivity contribution < 1.29 is 14.7 Å². The molecule has 0 aliphatic heterocycles. The zero-order chi connectivity index (χ0) is 7.98. The molecule has 0 saturated heterocycles. The Kier molecular flexibility index (Phi) is 3.73. The fourth-order valence-corrected chi connectivity index (χ4v) is 0.252. The highest BCUT2D eigenvalue weighted by atomic mass is 16.5. The van der Waals surface area contributed by atoms with Gasteiger partial charge in [0.25, 0.3) is 0 Å². The van der Waals surface area contributed by atoms with Gasteiger partial charge in [-0.25, -0.2) is 4.79 Å². The SMILES string of the molecule is C#CCOC(=O)C(C)=NO. The van der Waals surface area contributed by atoms with Crippen molar-refractivity contribution in [3.63, 3.8) is 0 Å². The molecule has 0 heterocycles. The summed E-state index contributed by atoms with van der Waals surface area (Å²) in [5.74, 6) is 1.39. The van der Waals surface area contributed by atoms with Crippen LogP contribution in [-0.4, -0.2) is 23.5 Å². The summed E-state index contributed by atoms with van der Waals surface area (Å²) in [4.78, 5) is 10.5. The average molecular weight is 141 g/mol. The van der Waals surface area contributed by atoms with Gasteiger partial charge in [0.2, 0.25) is 0 Å². The molecule has 0 aromatic carbocycles. The second kappa shape index (κ2) is 4.39. The third kappa shape index (κ3) is 2.72. The number of rotatable bonds is 2. The standard InChI is InChI=1S/C6H7NO3/c1-3-4-10-6(8)5(2)7-9/h1,9H,4H2,2H3. The lowest BCUT2D eigenvalue weighted by molar-refractivity contribution is -0.134. The Morgan fingerprint density at radius 2 is 2.50 bits per heavy atom. The summed E-state index contributed by atoms with van der Waals surface area (Å²) < 4.78 is 4.38. The number of ether oxygens (including phenoxy) is 1. The molecule has 0 spiro atoms. The lowest BCUT2D eigenvalue weighted by atomic mass is 10.4. The van der Waals surface area contributed by atoms with Crippen LogP contribution in [-0.2, 0) is 9.53 Å². The van der Waals surface area contributed by atoms with Crippen LogP contribution in [0.3, 0.4) is 0 Å². The van der Waals surface area contributed by atoms with Crippen LogP contribution in [0.5, 0.6) is 0 Å². The predicted octanol–water partition coefficient (Wildman–Crippen LogP) is 0.0129. The molecule has 0 fully saturated rings. The van der Waals surface area contributed by atoms with Gasteiger partial charge in [-0.05, 0) is 6.92 Å². The van der Waals surface area contributed by atoms with Crippen LogP contribution in [0.15, 0.2) is 5.16 Å². The zero-order valence-corrected chi connectivity index (χ0v) is 5.50. The number of hydrogen-bond donors (Lipinski definition) is 1. The first-order chi connectivity index (χ1) is 4.72. The van der Waals surface area contributed by atoms with Crippen molar-refractivity contribution in [1.82, 2.24) is 0 Å². The van der Waals surface area contributed by atoms with E-state index in [1.54, 1.807) is 0 Å². The molecule has 10 heavy (non-hydrogen) atoms. The predicted molar refractivity (Wildman–Crippen MR) is 34.7 cm³/mol. The van der Waals surface area contributed by atoms with Gasteiger partial charge in [-0.1, -0.05) is 11.1 Å². The molecule has 54 valence electrons. The molecule has 0 rings (SSSR count). The molecule has 0 aromatic rings. The number of terminal acetylenes is 1. The van der Waals surface area contributed by atoms with E-state index >= 15 is 0 Å². The lowest BCUT2D eigenvalue weighted by Crippen LogP contribution is -2.14. The Balaban J connectivity index is 3.77. The maximum atomic E-state index is 10.5. The van der Waals surface area contributed by atoms with Crippen molar-refractivity contribution in [3.8, 4) is 12.3 Å². The smallest absolute Gasteiger partial charge is 0.356 e. The summed E-state index contributed by atoms with van der Waals surface area (Å²) in [6, 6.07) is 0. The second-order valence-corrected chi connectivity index (χ2v) is 1.47. The van der Waals surface area contributed by atoms with Crippen LogP contribution in [0.1, 0.15) is 6.92 Å². The fraction of sp³-hybridized carbons (Fsp3) is 0.333. The number of carbonyl (C=O) groups is 1. The molecule has 0 aliphatic carbocycles. The van der Waals surface area contributed by atoms with Crippen LogP contribution >= 0.6 is 0 Å². The van der Waals surface area contributed by atoms with Crippen molar-refractivity contribution in [3.05, 3.63) is 0 Å². The molecule has 4 heteroatoms. The molecule has 0 unspecified atom stereocenters. The third-order valence-electron chi connectivity index (χ3n) is 0.732. The summed E-state index contributed by atoms with van der Waals surface area (Å²) in [5.41, 5.74) is -0.116. The van der Waals surface area contributed by atoms with Gasteiger partial charge >= 0.3 is 5.97 Å². The van der Waals surface area contributed by atoms with Gasteiger partial charge in [0.05, 0.1) is 0 Å². The van der Waals surface area contributed by atoms with Gasteiger partial charge in [0.15, 0.2) is 12.3 Å². The number of carbonyl (C=O) groups excluding carboxylic acids is 1. The number of nitrogens with zero attached hydrogens (tertiary/aromatic N) is 1. The number of hydrogen-bond acceptors (Lipinski definition) is 4. The molecular formula is C6H7NO3. The Bertz CT molecular complexity index is 190. The van der Waals surface area contributed by atoms with E-state index in [2.05, 4.69) is 15.8 Å². The van der Waals surface area contributed by atoms with Crippen LogP contribution in [0, 0.1) is 12.3 Å². The average Bonchev–Trinajstić information content (AvgIpc) is 1.98. The van der Waals surface area contributed by atoms with Gasteiger partial charge < -0.3 is 9.94 Å². The van der Waals surface area contributed by atoms with Crippen LogP contribution in [0.2, 0.25) is 0 Å². The second-order valence-electron chi connectivity index (χ2n) is 1.47. The maximum absolute atomic E-state index is 10.5. The fourth-order valence-electron chi connectivity index (χ4n) is 0.252. The molecule has 0 bridgehead atoms. The summed E-state index contributed by atoms with van der Waals surface area (Å²) >= 11 is 0. The number of oxime groups is 1. The van der Waals surface area contributed by atoms with Crippen molar-refractivity contribution in [2.24, 2.45) is 5.16 Å². The highest BCUT2D eigenvalue weighted by Crippen LogP contribution is 1.81. The summed E-state index contributed by atoms with van der Waals surface area (Å²) in [6.45, 7) is 1.21. The third-order valence-corrected chi connectivity index (χ3v) is 0.732. The van der Waals surface area contributed by atoms with Crippen LogP contribution < -0.4 is 0 Å². The van der Waals surface area contributed by atoms with Crippen molar-refractivity contribution in [1.29, 1.82) is 0 Å². The van der Waals surface area contributed by atoms with Crippen molar-refractivity contribution in [2.75, 3.05) is 6.61 Å². The molecule has 0 aliphatic rings. The minimum Gasteiger partial charge on any atom is -0.448 e. The Labute approximate surface area is 58.5 Å². The largest absolute Gasteiger partial charge is 0.448 e. The van der Waals surface area contributed by atoms with Gasteiger partial charge in [0.1, 0.15) is 0 Å². The van der Waals surface area contributed by atoms with Gasteiger partial charge in [0, 0.05) is 0 Å². The van der Waals surface area contributed by atoms with E-state index < -0.39 is 5.97 Å². The van der Waals surface area contributed by atoms with Crippen LogP contribution in [0.25, 0.3) is 0 Å².